The molecule has 0 heterocycles. The van der Waals surface area contributed by atoms with E-state index in [-0.39, 0.29) is 17.9 Å². The van der Waals surface area contributed by atoms with E-state index in [1.54, 1.807) is 0 Å². The first-order valence-electron chi connectivity index (χ1n) is 4.65. The molecule has 1 rings (SSSR count). The number of rotatable bonds is 4. The molecule has 0 aliphatic heterocycles. The monoisotopic (exact) mass is 170 g/mol. The van der Waals surface area contributed by atoms with Crippen LogP contribution < -0.4 is 11.1 Å². The van der Waals surface area contributed by atoms with Gasteiger partial charge in [-0.2, -0.15) is 0 Å². The van der Waals surface area contributed by atoms with Crippen molar-refractivity contribution in [2.45, 2.75) is 32.7 Å². The van der Waals surface area contributed by atoms with Crippen LogP contribution in [0, 0.1) is 11.8 Å². The summed E-state index contributed by atoms with van der Waals surface area (Å²) in [6, 6.07) is 0.151. The molecular formula is C9H18N2O. The first kappa shape index (κ1) is 9.52. The van der Waals surface area contributed by atoms with Crippen LogP contribution in [0.25, 0.3) is 0 Å². The molecule has 3 nitrogen and oxygen atoms in total. The molecule has 70 valence electrons. The fourth-order valence-electron chi connectivity index (χ4n) is 1.14. The Morgan fingerprint density at radius 2 is 2.17 bits per heavy atom. The lowest BCUT2D eigenvalue weighted by Crippen LogP contribution is -2.44. The van der Waals surface area contributed by atoms with Crippen LogP contribution >= 0.6 is 0 Å². The Kier molecular flexibility index (Phi) is 3.09. The van der Waals surface area contributed by atoms with Gasteiger partial charge in [0.1, 0.15) is 0 Å². The second-order valence-corrected chi connectivity index (χ2v) is 3.87. The third-order valence-corrected chi connectivity index (χ3v) is 2.33. The smallest absolute Gasteiger partial charge is 0.223 e. The van der Waals surface area contributed by atoms with Crippen molar-refractivity contribution in [3.63, 3.8) is 0 Å². The minimum absolute atomic E-state index is 0.151. The van der Waals surface area contributed by atoms with E-state index >= 15 is 0 Å². The van der Waals surface area contributed by atoms with Crippen LogP contribution in [0.2, 0.25) is 0 Å². The lowest BCUT2D eigenvalue weighted by molar-refractivity contribution is -0.123. The number of carbonyl (C=O) groups excluding carboxylic acids is 1. The molecule has 0 radical (unpaired) electrons. The topological polar surface area (TPSA) is 55.1 Å². The van der Waals surface area contributed by atoms with Gasteiger partial charge < -0.3 is 11.1 Å². The summed E-state index contributed by atoms with van der Waals surface area (Å²) in [6.45, 7) is 4.69. The van der Waals surface area contributed by atoms with E-state index in [1.807, 2.05) is 0 Å². The molecule has 1 aliphatic carbocycles. The van der Waals surface area contributed by atoms with E-state index in [9.17, 15) is 4.79 Å². The average Bonchev–Trinajstić information content (AvgIpc) is 2.80. The summed E-state index contributed by atoms with van der Waals surface area (Å²) in [5.74, 6) is 0.912. The van der Waals surface area contributed by atoms with Crippen LogP contribution in [0.5, 0.6) is 0 Å². The minimum Gasteiger partial charge on any atom is -0.352 e. The van der Waals surface area contributed by atoms with Crippen molar-refractivity contribution in [3.8, 4) is 0 Å². The van der Waals surface area contributed by atoms with Crippen molar-refractivity contribution in [3.05, 3.63) is 0 Å². The minimum atomic E-state index is 0.151. The molecule has 0 aromatic heterocycles. The van der Waals surface area contributed by atoms with Gasteiger partial charge in [0.05, 0.1) is 0 Å². The molecule has 1 amide bonds. The second kappa shape index (κ2) is 3.90. The van der Waals surface area contributed by atoms with Crippen molar-refractivity contribution >= 4 is 5.91 Å². The molecule has 1 aliphatic rings. The summed E-state index contributed by atoms with van der Waals surface area (Å²) in [5.41, 5.74) is 5.53. The van der Waals surface area contributed by atoms with Gasteiger partial charge in [0.25, 0.3) is 0 Å². The Morgan fingerprint density at radius 1 is 1.58 bits per heavy atom. The molecule has 0 saturated heterocycles. The summed E-state index contributed by atoms with van der Waals surface area (Å²) in [5, 5.41) is 2.96. The van der Waals surface area contributed by atoms with Crippen LogP contribution in [0.3, 0.4) is 0 Å². The van der Waals surface area contributed by atoms with Crippen molar-refractivity contribution < 1.29 is 4.79 Å². The fraction of sp³-hybridized carbons (Fsp3) is 0.889. The van der Waals surface area contributed by atoms with Gasteiger partial charge in [0, 0.05) is 18.5 Å². The zero-order valence-corrected chi connectivity index (χ0v) is 7.84. The van der Waals surface area contributed by atoms with Crippen LogP contribution in [-0.2, 0) is 4.79 Å². The first-order valence-corrected chi connectivity index (χ1v) is 4.65. The predicted octanol–water partition coefficient (Wildman–Crippen LogP) is 0.496. The third kappa shape index (κ3) is 2.48. The quantitative estimate of drug-likeness (QED) is 0.645. The van der Waals surface area contributed by atoms with Crippen molar-refractivity contribution in [1.29, 1.82) is 0 Å². The van der Waals surface area contributed by atoms with Gasteiger partial charge >= 0.3 is 0 Å². The zero-order valence-electron chi connectivity index (χ0n) is 7.84. The summed E-state index contributed by atoms with van der Waals surface area (Å²) >= 11 is 0. The normalized spacial score (nSPS) is 19.3. The van der Waals surface area contributed by atoms with Gasteiger partial charge in [0.2, 0.25) is 5.91 Å². The number of carbonyl (C=O) groups is 1. The van der Waals surface area contributed by atoms with Crippen LogP contribution in [0.15, 0.2) is 0 Å². The first-order chi connectivity index (χ1) is 5.65. The number of hydrogen-bond donors (Lipinski definition) is 2. The Morgan fingerprint density at radius 3 is 2.50 bits per heavy atom. The third-order valence-electron chi connectivity index (χ3n) is 2.33. The predicted molar refractivity (Wildman–Crippen MR) is 48.5 cm³/mol. The zero-order chi connectivity index (χ0) is 9.14. The molecular weight excluding hydrogens is 152 g/mol. The SMILES string of the molecule is CC(C)C(CN)NC(=O)C1CC1. The molecule has 0 aromatic rings. The van der Waals surface area contributed by atoms with Crippen LogP contribution in [-0.4, -0.2) is 18.5 Å². The van der Waals surface area contributed by atoms with E-state index in [1.165, 1.54) is 0 Å². The van der Waals surface area contributed by atoms with E-state index in [2.05, 4.69) is 19.2 Å². The maximum Gasteiger partial charge on any atom is 0.223 e. The summed E-state index contributed by atoms with van der Waals surface area (Å²) < 4.78 is 0. The molecule has 1 saturated carbocycles. The Labute approximate surface area is 73.7 Å². The lowest BCUT2D eigenvalue weighted by atomic mass is 10.0. The highest BCUT2D eigenvalue weighted by molar-refractivity contribution is 5.81. The lowest BCUT2D eigenvalue weighted by Gasteiger charge is -2.20. The van der Waals surface area contributed by atoms with Gasteiger partial charge in [-0.15, -0.1) is 0 Å². The van der Waals surface area contributed by atoms with Gasteiger partial charge in [0.15, 0.2) is 0 Å². The van der Waals surface area contributed by atoms with Crippen LogP contribution in [0.4, 0.5) is 0 Å². The summed E-state index contributed by atoms with van der Waals surface area (Å²) in [6.07, 6.45) is 2.11. The average molecular weight is 170 g/mol. The summed E-state index contributed by atoms with van der Waals surface area (Å²) in [7, 11) is 0. The van der Waals surface area contributed by atoms with Crippen LogP contribution in [0.1, 0.15) is 26.7 Å². The fourth-order valence-corrected chi connectivity index (χ4v) is 1.14. The molecule has 12 heavy (non-hydrogen) atoms. The van der Waals surface area contributed by atoms with Crippen molar-refractivity contribution in [1.82, 2.24) is 5.32 Å². The van der Waals surface area contributed by atoms with E-state index in [0.717, 1.165) is 12.8 Å². The Hall–Kier alpha value is -0.570. The molecule has 3 N–H and O–H groups in total. The molecule has 1 unspecified atom stereocenters. The van der Waals surface area contributed by atoms with Gasteiger partial charge in [-0.3, -0.25) is 4.79 Å². The standard InChI is InChI=1S/C9H18N2O/c1-6(2)8(5-10)11-9(12)7-3-4-7/h6-8H,3-5,10H2,1-2H3,(H,11,12). The van der Waals surface area contributed by atoms with Gasteiger partial charge in [-0.25, -0.2) is 0 Å². The molecule has 0 aromatic carbocycles. The molecule has 0 spiro atoms. The Balaban J connectivity index is 2.30. The van der Waals surface area contributed by atoms with E-state index in [4.69, 9.17) is 5.73 Å². The van der Waals surface area contributed by atoms with Crippen molar-refractivity contribution in [2.75, 3.05) is 6.54 Å². The number of hydrogen-bond acceptors (Lipinski definition) is 2. The summed E-state index contributed by atoms with van der Waals surface area (Å²) in [4.78, 5) is 11.3. The highest BCUT2D eigenvalue weighted by atomic mass is 16.2. The second-order valence-electron chi connectivity index (χ2n) is 3.87. The Bertz CT molecular complexity index is 164. The van der Waals surface area contributed by atoms with Crippen molar-refractivity contribution in [2.24, 2.45) is 17.6 Å². The highest BCUT2D eigenvalue weighted by Crippen LogP contribution is 2.29. The molecule has 3 heteroatoms. The number of amides is 1. The highest BCUT2D eigenvalue weighted by Gasteiger charge is 2.31. The number of nitrogens with two attached hydrogens (primary N) is 1. The van der Waals surface area contributed by atoms with E-state index < -0.39 is 0 Å². The molecule has 1 atom stereocenters. The maximum absolute atomic E-state index is 11.3. The van der Waals surface area contributed by atoms with Gasteiger partial charge in [-0.1, -0.05) is 13.8 Å². The van der Waals surface area contributed by atoms with E-state index in [0.29, 0.717) is 12.5 Å². The maximum atomic E-state index is 11.3. The molecule has 0 bridgehead atoms. The molecule has 1 fully saturated rings. The largest absolute Gasteiger partial charge is 0.352 e. The van der Waals surface area contributed by atoms with Gasteiger partial charge in [-0.05, 0) is 18.8 Å². The number of nitrogens with one attached hydrogen (secondary N) is 1.